The van der Waals surface area contributed by atoms with Gasteiger partial charge in [0.25, 0.3) is 0 Å². The van der Waals surface area contributed by atoms with Crippen LogP contribution in [-0.2, 0) is 0 Å². The van der Waals surface area contributed by atoms with E-state index in [9.17, 15) is 10.1 Å². The summed E-state index contributed by atoms with van der Waals surface area (Å²) >= 11 is 0. The molecule has 1 aromatic heterocycles. The zero-order valence-electron chi connectivity index (χ0n) is 9.67. The molecule has 1 heterocycles. The molecule has 2 rings (SSSR count). The first-order valence-electron chi connectivity index (χ1n) is 5.68. The maximum Gasteiger partial charge on any atom is 0.305 e. The highest BCUT2D eigenvalue weighted by molar-refractivity contribution is 5.50. The summed E-state index contributed by atoms with van der Waals surface area (Å²) in [6.07, 6.45) is 2.26. The highest BCUT2D eigenvalue weighted by atomic mass is 16.6. The van der Waals surface area contributed by atoms with E-state index in [-0.39, 0.29) is 17.4 Å². The molecule has 1 saturated carbocycles. The predicted molar refractivity (Wildman–Crippen MR) is 64.8 cm³/mol. The Bertz CT molecular complexity index is 507. The van der Waals surface area contributed by atoms with Gasteiger partial charge in [-0.15, -0.1) is 0 Å². The van der Waals surface area contributed by atoms with Gasteiger partial charge < -0.3 is 11.1 Å². The molecule has 3 N–H and O–H groups in total. The van der Waals surface area contributed by atoms with Gasteiger partial charge >= 0.3 is 5.69 Å². The Labute approximate surface area is 104 Å². The van der Waals surface area contributed by atoms with E-state index in [1.54, 1.807) is 6.07 Å². The van der Waals surface area contributed by atoms with Crippen LogP contribution < -0.4 is 11.1 Å². The van der Waals surface area contributed by atoms with Gasteiger partial charge in [-0.3, -0.25) is 10.1 Å². The highest BCUT2D eigenvalue weighted by Gasteiger charge is 2.30. The molecular weight excluding hydrogens is 234 g/mol. The molecule has 1 unspecified atom stereocenters. The van der Waals surface area contributed by atoms with Crippen LogP contribution in [0.2, 0.25) is 0 Å². The van der Waals surface area contributed by atoms with Crippen LogP contribution >= 0.6 is 0 Å². The van der Waals surface area contributed by atoms with Crippen LogP contribution in [0.5, 0.6) is 0 Å². The van der Waals surface area contributed by atoms with Gasteiger partial charge in [0, 0.05) is 18.7 Å². The fourth-order valence-electron chi connectivity index (χ4n) is 1.82. The number of nitrogens with two attached hydrogens (primary N) is 1. The molecule has 0 spiro atoms. The molecule has 7 nitrogen and oxygen atoms in total. The van der Waals surface area contributed by atoms with Crippen molar-refractivity contribution in [2.45, 2.75) is 18.9 Å². The molecular formula is C11H13N5O2. The number of nitro groups is 1. The van der Waals surface area contributed by atoms with Crippen molar-refractivity contribution in [3.8, 4) is 6.07 Å². The number of hydrogen-bond donors (Lipinski definition) is 2. The highest BCUT2D eigenvalue weighted by Crippen LogP contribution is 2.33. The third-order valence-electron chi connectivity index (χ3n) is 2.95. The van der Waals surface area contributed by atoms with Crippen molar-refractivity contribution in [1.82, 2.24) is 4.98 Å². The minimum Gasteiger partial charge on any atom is -0.366 e. The van der Waals surface area contributed by atoms with Crippen molar-refractivity contribution in [3.63, 3.8) is 0 Å². The second-order valence-corrected chi connectivity index (χ2v) is 4.26. The van der Waals surface area contributed by atoms with Crippen molar-refractivity contribution in [2.24, 2.45) is 11.7 Å². The Morgan fingerprint density at radius 3 is 2.89 bits per heavy atom. The molecule has 18 heavy (non-hydrogen) atoms. The van der Waals surface area contributed by atoms with Crippen LogP contribution in [0.15, 0.2) is 12.1 Å². The lowest BCUT2D eigenvalue weighted by molar-refractivity contribution is -0.385. The van der Waals surface area contributed by atoms with Gasteiger partial charge in [0.1, 0.15) is 11.9 Å². The molecule has 94 valence electrons. The van der Waals surface area contributed by atoms with Crippen LogP contribution in [0.3, 0.4) is 0 Å². The fraction of sp³-hybridized carbons (Fsp3) is 0.455. The molecule has 0 radical (unpaired) electrons. The smallest absolute Gasteiger partial charge is 0.305 e. The lowest BCUT2D eigenvalue weighted by Crippen LogP contribution is -2.31. The molecule has 1 aromatic rings. The molecule has 1 aliphatic carbocycles. The van der Waals surface area contributed by atoms with Crippen LogP contribution in [0.4, 0.5) is 11.5 Å². The van der Waals surface area contributed by atoms with Crippen molar-refractivity contribution in [2.75, 3.05) is 11.9 Å². The quantitative estimate of drug-likeness (QED) is 0.592. The van der Waals surface area contributed by atoms with Crippen molar-refractivity contribution in [1.29, 1.82) is 5.26 Å². The lowest BCUT2D eigenvalue weighted by atomic mass is 10.2. The van der Waals surface area contributed by atoms with E-state index in [1.165, 1.54) is 12.1 Å². The largest absolute Gasteiger partial charge is 0.366 e. The molecule has 0 aromatic carbocycles. The zero-order valence-corrected chi connectivity index (χ0v) is 9.67. The van der Waals surface area contributed by atoms with E-state index < -0.39 is 4.92 Å². The molecule has 0 saturated heterocycles. The number of aromatic nitrogens is 1. The van der Waals surface area contributed by atoms with Gasteiger partial charge in [0.05, 0.1) is 4.92 Å². The maximum absolute atomic E-state index is 10.7. The molecule has 7 heteroatoms. The first-order valence-corrected chi connectivity index (χ1v) is 5.68. The molecule has 0 bridgehead atoms. The average molecular weight is 247 g/mol. The molecule has 1 fully saturated rings. The number of pyridine rings is 1. The average Bonchev–Trinajstić information content (AvgIpc) is 3.19. The third-order valence-corrected chi connectivity index (χ3v) is 2.95. The van der Waals surface area contributed by atoms with E-state index in [1.807, 2.05) is 0 Å². The van der Waals surface area contributed by atoms with Gasteiger partial charge in [-0.25, -0.2) is 4.98 Å². The Morgan fingerprint density at radius 1 is 1.67 bits per heavy atom. The molecule has 1 atom stereocenters. The van der Waals surface area contributed by atoms with Gasteiger partial charge in [0.2, 0.25) is 5.69 Å². The summed E-state index contributed by atoms with van der Waals surface area (Å²) in [6, 6.07) is 4.64. The van der Waals surface area contributed by atoms with Crippen LogP contribution in [0.1, 0.15) is 18.5 Å². The van der Waals surface area contributed by atoms with Crippen molar-refractivity contribution in [3.05, 3.63) is 27.9 Å². The Kier molecular flexibility index (Phi) is 3.39. The summed E-state index contributed by atoms with van der Waals surface area (Å²) in [5.41, 5.74) is 5.18. The van der Waals surface area contributed by atoms with Crippen LogP contribution in [0.25, 0.3) is 0 Å². The number of nitrogens with one attached hydrogen (secondary N) is 1. The van der Waals surface area contributed by atoms with Gasteiger partial charge in [-0.2, -0.15) is 5.26 Å². The van der Waals surface area contributed by atoms with E-state index in [0.717, 1.165) is 12.8 Å². The molecule has 1 aliphatic rings. The number of hydrogen-bond acceptors (Lipinski definition) is 6. The van der Waals surface area contributed by atoms with E-state index in [4.69, 9.17) is 11.0 Å². The Balaban J connectivity index is 2.19. The van der Waals surface area contributed by atoms with E-state index in [2.05, 4.69) is 10.3 Å². The standard InChI is InChI=1S/C11H13N5O2/c12-5-8(7-1-2-7)14-11-4-3-10(16(17)18)9(6-13)15-11/h3-4,7-8H,1-2,5,12H2,(H,14,15). The number of rotatable bonds is 5. The zero-order chi connectivity index (χ0) is 13.1. The van der Waals surface area contributed by atoms with Gasteiger partial charge in [-0.1, -0.05) is 0 Å². The summed E-state index contributed by atoms with van der Waals surface area (Å²) in [5, 5.41) is 22.6. The number of anilines is 1. The van der Waals surface area contributed by atoms with E-state index >= 15 is 0 Å². The Hall–Kier alpha value is -2.20. The summed E-state index contributed by atoms with van der Waals surface area (Å²) in [5.74, 6) is 0.997. The van der Waals surface area contributed by atoms with E-state index in [0.29, 0.717) is 18.3 Å². The fourth-order valence-corrected chi connectivity index (χ4v) is 1.82. The van der Waals surface area contributed by atoms with Crippen LogP contribution in [-0.4, -0.2) is 22.5 Å². The topological polar surface area (TPSA) is 118 Å². The normalized spacial score (nSPS) is 15.8. The number of nitrogens with zero attached hydrogens (tertiary/aromatic N) is 3. The van der Waals surface area contributed by atoms with Crippen molar-refractivity contribution >= 4 is 11.5 Å². The lowest BCUT2D eigenvalue weighted by Gasteiger charge is -2.16. The van der Waals surface area contributed by atoms with Crippen molar-refractivity contribution < 1.29 is 4.92 Å². The summed E-state index contributed by atoms with van der Waals surface area (Å²) in [6.45, 7) is 0.477. The predicted octanol–water partition coefficient (Wildman–Crippen LogP) is 1.01. The summed E-state index contributed by atoms with van der Waals surface area (Å²) < 4.78 is 0. The second-order valence-electron chi connectivity index (χ2n) is 4.26. The first-order chi connectivity index (χ1) is 8.65. The first kappa shape index (κ1) is 12.3. The SMILES string of the molecule is N#Cc1nc(NC(CN)C2CC2)ccc1[N+](=O)[O-]. The van der Waals surface area contributed by atoms with Gasteiger partial charge in [-0.05, 0) is 24.8 Å². The molecule has 0 aliphatic heterocycles. The monoisotopic (exact) mass is 247 g/mol. The Morgan fingerprint density at radius 2 is 2.39 bits per heavy atom. The second kappa shape index (κ2) is 4.98. The number of nitriles is 1. The van der Waals surface area contributed by atoms with Gasteiger partial charge in [0.15, 0.2) is 0 Å². The summed E-state index contributed by atoms with van der Waals surface area (Å²) in [4.78, 5) is 14.0. The minimum atomic E-state index is -0.614. The summed E-state index contributed by atoms with van der Waals surface area (Å²) in [7, 11) is 0. The minimum absolute atomic E-state index is 0.116. The molecule has 0 amide bonds. The maximum atomic E-state index is 10.7. The third kappa shape index (κ3) is 2.55. The van der Waals surface area contributed by atoms with Crippen LogP contribution in [0, 0.1) is 27.4 Å².